The summed E-state index contributed by atoms with van der Waals surface area (Å²) in [6.07, 6.45) is 0.804. The van der Waals surface area contributed by atoms with Gasteiger partial charge in [0, 0.05) is 17.3 Å². The van der Waals surface area contributed by atoms with Crippen LogP contribution < -0.4 is 10.0 Å². The van der Waals surface area contributed by atoms with Crippen LogP contribution >= 0.6 is 0 Å². The zero-order valence-electron chi connectivity index (χ0n) is 14.0. The molecular weight excluding hydrogens is 324 g/mol. The zero-order valence-corrected chi connectivity index (χ0v) is 14.9. The summed E-state index contributed by atoms with van der Waals surface area (Å²) in [4.78, 5) is 12.2. The maximum Gasteiger partial charge on any atom is 0.261 e. The Balaban J connectivity index is 2.23. The molecule has 6 heteroatoms. The number of nitrogens with one attached hydrogen (secondary N) is 2. The fraction of sp³-hybridized carbons (Fsp3) is 0.278. The number of carbonyl (C=O) groups excluding carboxylic acids is 1. The summed E-state index contributed by atoms with van der Waals surface area (Å²) in [6, 6.07) is 13.1. The Morgan fingerprint density at radius 1 is 1.12 bits per heavy atom. The highest BCUT2D eigenvalue weighted by Crippen LogP contribution is 2.17. The molecule has 0 spiro atoms. The van der Waals surface area contributed by atoms with Crippen LogP contribution in [-0.2, 0) is 10.0 Å². The smallest absolute Gasteiger partial charge is 0.261 e. The Kier molecular flexibility index (Phi) is 5.62. The molecule has 0 aromatic heterocycles. The highest BCUT2D eigenvalue weighted by molar-refractivity contribution is 7.92. The number of rotatable bonds is 6. The molecule has 2 aromatic rings. The molecule has 5 nitrogen and oxygen atoms in total. The fourth-order valence-electron chi connectivity index (χ4n) is 2.05. The number of aryl methyl sites for hydroxylation is 1. The van der Waals surface area contributed by atoms with Crippen molar-refractivity contribution in [1.82, 2.24) is 5.32 Å². The van der Waals surface area contributed by atoms with Gasteiger partial charge in [0.05, 0.1) is 4.90 Å². The van der Waals surface area contributed by atoms with Gasteiger partial charge in [-0.15, -0.1) is 0 Å². The first-order chi connectivity index (χ1) is 11.3. The molecule has 2 aromatic carbocycles. The second-order valence-corrected chi connectivity index (χ2v) is 7.46. The van der Waals surface area contributed by atoms with Gasteiger partial charge in [0.25, 0.3) is 15.9 Å². The van der Waals surface area contributed by atoms with Crippen LogP contribution in [0.3, 0.4) is 0 Å². The summed E-state index contributed by atoms with van der Waals surface area (Å²) < 4.78 is 27.5. The van der Waals surface area contributed by atoms with E-state index in [2.05, 4.69) is 10.0 Å². The largest absolute Gasteiger partial charge is 0.350 e. The molecule has 0 aliphatic rings. The summed E-state index contributed by atoms with van der Waals surface area (Å²) in [5.41, 5.74) is 1.85. The van der Waals surface area contributed by atoms with Crippen molar-refractivity contribution in [2.75, 3.05) is 4.72 Å². The molecule has 0 heterocycles. The minimum atomic E-state index is -3.75. The standard InChI is InChI=1S/C18H22N2O3S/c1-4-14(3)19-18(21)15-6-5-7-17(12-15)24(22,23)20-16-10-8-13(2)9-11-16/h5-12,14,20H,4H2,1-3H3,(H,19,21)/t14-/m1/s1. The summed E-state index contributed by atoms with van der Waals surface area (Å²) in [5.74, 6) is -0.281. The number of hydrogen-bond acceptors (Lipinski definition) is 3. The van der Waals surface area contributed by atoms with Crippen molar-refractivity contribution in [3.63, 3.8) is 0 Å². The first kappa shape index (κ1) is 18.0. The Hall–Kier alpha value is -2.34. The predicted molar refractivity (Wildman–Crippen MR) is 95.6 cm³/mol. The molecule has 0 saturated carbocycles. The molecule has 0 fully saturated rings. The normalized spacial score (nSPS) is 12.5. The number of sulfonamides is 1. The Labute approximate surface area is 143 Å². The lowest BCUT2D eigenvalue weighted by Gasteiger charge is -2.13. The van der Waals surface area contributed by atoms with Crippen LogP contribution in [0.2, 0.25) is 0 Å². The lowest BCUT2D eigenvalue weighted by Crippen LogP contribution is -2.32. The molecule has 0 bridgehead atoms. The second-order valence-electron chi connectivity index (χ2n) is 5.78. The van der Waals surface area contributed by atoms with Gasteiger partial charge in [0.15, 0.2) is 0 Å². The quantitative estimate of drug-likeness (QED) is 0.842. The molecule has 128 valence electrons. The predicted octanol–water partition coefficient (Wildman–Crippen LogP) is 3.32. The van der Waals surface area contributed by atoms with Crippen molar-refractivity contribution in [2.24, 2.45) is 0 Å². The third kappa shape index (κ3) is 4.58. The van der Waals surface area contributed by atoms with Crippen LogP contribution in [0.1, 0.15) is 36.2 Å². The summed E-state index contributed by atoms with van der Waals surface area (Å²) >= 11 is 0. The maximum atomic E-state index is 12.5. The molecule has 0 aliphatic carbocycles. The van der Waals surface area contributed by atoms with Crippen LogP contribution in [0.25, 0.3) is 0 Å². The van der Waals surface area contributed by atoms with E-state index in [1.807, 2.05) is 32.9 Å². The van der Waals surface area contributed by atoms with Gasteiger partial charge in [-0.25, -0.2) is 8.42 Å². The zero-order chi connectivity index (χ0) is 17.7. The Bertz CT molecular complexity index is 814. The average molecular weight is 346 g/mol. The van der Waals surface area contributed by atoms with Crippen molar-refractivity contribution < 1.29 is 13.2 Å². The average Bonchev–Trinajstić information content (AvgIpc) is 2.56. The highest BCUT2D eigenvalue weighted by atomic mass is 32.2. The number of hydrogen-bond donors (Lipinski definition) is 2. The fourth-order valence-corrected chi connectivity index (χ4v) is 3.15. The van der Waals surface area contributed by atoms with Crippen LogP contribution in [0.5, 0.6) is 0 Å². The summed E-state index contributed by atoms with van der Waals surface area (Å²) in [6.45, 7) is 5.80. The molecule has 2 rings (SSSR count). The highest BCUT2D eigenvalue weighted by Gasteiger charge is 2.17. The van der Waals surface area contributed by atoms with Gasteiger partial charge in [0.2, 0.25) is 0 Å². The van der Waals surface area contributed by atoms with Crippen molar-refractivity contribution >= 4 is 21.6 Å². The minimum Gasteiger partial charge on any atom is -0.350 e. The van der Waals surface area contributed by atoms with Crippen LogP contribution in [0.4, 0.5) is 5.69 Å². The number of carbonyl (C=O) groups is 1. The molecule has 0 radical (unpaired) electrons. The minimum absolute atomic E-state index is 0.0310. The van der Waals surface area contributed by atoms with Gasteiger partial charge in [0.1, 0.15) is 0 Å². The monoisotopic (exact) mass is 346 g/mol. The molecule has 1 atom stereocenters. The summed E-state index contributed by atoms with van der Waals surface area (Å²) in [7, 11) is -3.75. The first-order valence-electron chi connectivity index (χ1n) is 7.82. The third-order valence-corrected chi connectivity index (χ3v) is 5.08. The lowest BCUT2D eigenvalue weighted by molar-refractivity contribution is 0.0939. The molecule has 1 amide bonds. The van der Waals surface area contributed by atoms with Crippen molar-refractivity contribution in [2.45, 2.75) is 38.1 Å². The van der Waals surface area contributed by atoms with E-state index >= 15 is 0 Å². The third-order valence-electron chi connectivity index (χ3n) is 3.70. The first-order valence-corrected chi connectivity index (χ1v) is 9.30. The van der Waals surface area contributed by atoms with Crippen molar-refractivity contribution in [1.29, 1.82) is 0 Å². The van der Waals surface area contributed by atoms with E-state index in [-0.39, 0.29) is 16.8 Å². The molecular formula is C18H22N2O3S. The Morgan fingerprint density at radius 3 is 2.42 bits per heavy atom. The van der Waals surface area contributed by atoms with E-state index in [1.54, 1.807) is 24.3 Å². The van der Waals surface area contributed by atoms with E-state index < -0.39 is 10.0 Å². The Morgan fingerprint density at radius 2 is 1.79 bits per heavy atom. The van der Waals surface area contributed by atoms with Gasteiger partial charge >= 0.3 is 0 Å². The van der Waals surface area contributed by atoms with E-state index in [0.29, 0.717) is 11.3 Å². The number of benzene rings is 2. The van der Waals surface area contributed by atoms with Crippen LogP contribution in [-0.4, -0.2) is 20.4 Å². The van der Waals surface area contributed by atoms with E-state index in [1.165, 1.54) is 12.1 Å². The topological polar surface area (TPSA) is 75.3 Å². The van der Waals surface area contributed by atoms with Gasteiger partial charge in [-0.05, 0) is 50.6 Å². The molecule has 0 saturated heterocycles. The van der Waals surface area contributed by atoms with Gasteiger partial charge < -0.3 is 5.32 Å². The maximum absolute atomic E-state index is 12.5. The second kappa shape index (κ2) is 7.49. The number of amides is 1. The van der Waals surface area contributed by atoms with E-state index in [9.17, 15) is 13.2 Å². The van der Waals surface area contributed by atoms with E-state index in [0.717, 1.165) is 12.0 Å². The van der Waals surface area contributed by atoms with Gasteiger partial charge in [-0.2, -0.15) is 0 Å². The van der Waals surface area contributed by atoms with E-state index in [4.69, 9.17) is 0 Å². The van der Waals surface area contributed by atoms with Crippen molar-refractivity contribution in [3.8, 4) is 0 Å². The van der Waals surface area contributed by atoms with Crippen molar-refractivity contribution in [3.05, 3.63) is 59.7 Å². The molecule has 24 heavy (non-hydrogen) atoms. The molecule has 0 unspecified atom stereocenters. The summed E-state index contributed by atoms with van der Waals surface area (Å²) in [5, 5.41) is 2.83. The molecule has 2 N–H and O–H groups in total. The number of anilines is 1. The van der Waals surface area contributed by atoms with Crippen LogP contribution in [0, 0.1) is 6.92 Å². The molecule has 0 aliphatic heterocycles. The lowest BCUT2D eigenvalue weighted by atomic mass is 10.2. The SMILES string of the molecule is CC[C@@H](C)NC(=O)c1cccc(S(=O)(=O)Nc2ccc(C)cc2)c1. The van der Waals surface area contributed by atoms with Crippen LogP contribution in [0.15, 0.2) is 53.4 Å². The van der Waals surface area contributed by atoms with Gasteiger partial charge in [-0.1, -0.05) is 30.7 Å². The van der Waals surface area contributed by atoms with Gasteiger partial charge in [-0.3, -0.25) is 9.52 Å².